The first-order chi connectivity index (χ1) is 16.7. The number of ether oxygens (including phenoxy) is 2. The second-order valence-corrected chi connectivity index (χ2v) is 10.8. The van der Waals surface area contributed by atoms with E-state index in [2.05, 4.69) is 26.0 Å². The lowest BCUT2D eigenvalue weighted by atomic mass is 9.79. The molecule has 0 bridgehead atoms. The third kappa shape index (κ3) is 9.47. The van der Waals surface area contributed by atoms with Gasteiger partial charge in [0, 0.05) is 0 Å². The topological polar surface area (TPSA) is 35.5 Å². The molecule has 2 aliphatic carbocycles. The predicted octanol–water partition coefficient (Wildman–Crippen LogP) is 8.91. The molecule has 0 amide bonds. The van der Waals surface area contributed by atoms with Gasteiger partial charge in [-0.25, -0.2) is 0 Å². The molecule has 3 heteroatoms. The summed E-state index contributed by atoms with van der Waals surface area (Å²) in [7, 11) is 0. The van der Waals surface area contributed by atoms with Gasteiger partial charge in [-0.2, -0.15) is 0 Å². The summed E-state index contributed by atoms with van der Waals surface area (Å²) in [4.78, 5) is 12.6. The molecule has 0 saturated heterocycles. The van der Waals surface area contributed by atoms with Crippen molar-refractivity contribution in [1.29, 1.82) is 0 Å². The minimum absolute atomic E-state index is 0.0605. The molecule has 3 nitrogen and oxygen atoms in total. The van der Waals surface area contributed by atoms with Crippen molar-refractivity contribution < 1.29 is 14.3 Å². The van der Waals surface area contributed by atoms with Crippen molar-refractivity contribution >= 4 is 5.97 Å². The standard InChI is InChI=1S/C31H48O3/c1-3-5-7-10-26-12-14-27(15-13-26)11-8-24-33-29-20-22-30(23-21-29)34-31(32)28-18-16-25(17-19-28)9-6-4-2/h8,11,20-23,25-28H,3-7,9-10,12-19,24H2,1-2H3. The zero-order chi connectivity index (χ0) is 24.0. The molecule has 0 radical (unpaired) electrons. The van der Waals surface area contributed by atoms with E-state index in [4.69, 9.17) is 9.47 Å². The average Bonchev–Trinajstić information content (AvgIpc) is 2.87. The fourth-order valence-corrected chi connectivity index (χ4v) is 5.73. The number of unbranched alkanes of at least 4 members (excludes halogenated alkanes) is 3. The number of hydrogen-bond donors (Lipinski definition) is 0. The van der Waals surface area contributed by atoms with Gasteiger partial charge in [0.1, 0.15) is 18.1 Å². The maximum atomic E-state index is 12.6. The van der Waals surface area contributed by atoms with Crippen LogP contribution in [0.15, 0.2) is 36.4 Å². The van der Waals surface area contributed by atoms with E-state index in [9.17, 15) is 4.79 Å². The van der Waals surface area contributed by atoms with E-state index in [1.165, 1.54) is 83.5 Å². The van der Waals surface area contributed by atoms with Gasteiger partial charge in [-0.3, -0.25) is 4.79 Å². The van der Waals surface area contributed by atoms with Crippen molar-refractivity contribution in [1.82, 2.24) is 0 Å². The van der Waals surface area contributed by atoms with Gasteiger partial charge in [-0.15, -0.1) is 0 Å². The number of esters is 1. The lowest BCUT2D eigenvalue weighted by Crippen LogP contribution is -2.25. The van der Waals surface area contributed by atoms with Crippen LogP contribution in [-0.2, 0) is 4.79 Å². The maximum Gasteiger partial charge on any atom is 0.314 e. The van der Waals surface area contributed by atoms with E-state index in [1.807, 2.05) is 24.3 Å². The zero-order valence-corrected chi connectivity index (χ0v) is 21.8. The average molecular weight is 469 g/mol. The van der Waals surface area contributed by atoms with Gasteiger partial charge < -0.3 is 9.47 Å². The fourth-order valence-electron chi connectivity index (χ4n) is 5.73. The van der Waals surface area contributed by atoms with Gasteiger partial charge in [-0.1, -0.05) is 70.9 Å². The summed E-state index contributed by atoms with van der Waals surface area (Å²) in [5, 5.41) is 0. The number of rotatable bonds is 13. The number of carbonyl (C=O) groups excluding carboxylic acids is 1. The lowest BCUT2D eigenvalue weighted by molar-refractivity contribution is -0.140. The van der Waals surface area contributed by atoms with Crippen molar-refractivity contribution in [3.8, 4) is 11.5 Å². The fraction of sp³-hybridized carbons (Fsp3) is 0.710. The molecule has 0 aromatic heterocycles. The molecular weight excluding hydrogens is 420 g/mol. The summed E-state index contributed by atoms with van der Waals surface area (Å²) in [6.45, 7) is 5.13. The summed E-state index contributed by atoms with van der Waals surface area (Å²) in [5.74, 6) is 3.92. The van der Waals surface area contributed by atoms with Gasteiger partial charge in [-0.05, 0) is 93.4 Å². The second kappa shape index (κ2) is 15.3. The van der Waals surface area contributed by atoms with Crippen molar-refractivity contribution in [3.63, 3.8) is 0 Å². The smallest absolute Gasteiger partial charge is 0.314 e. The highest BCUT2D eigenvalue weighted by Crippen LogP contribution is 2.34. The third-order valence-corrected chi connectivity index (χ3v) is 8.05. The summed E-state index contributed by atoms with van der Waals surface area (Å²) in [6.07, 6.45) is 23.7. The minimum atomic E-state index is -0.0642. The van der Waals surface area contributed by atoms with Crippen LogP contribution in [0.4, 0.5) is 0 Å². The van der Waals surface area contributed by atoms with Crippen LogP contribution in [0.25, 0.3) is 0 Å². The van der Waals surface area contributed by atoms with Crippen LogP contribution in [-0.4, -0.2) is 12.6 Å². The number of allylic oxidation sites excluding steroid dienone is 1. The van der Waals surface area contributed by atoms with Gasteiger partial charge >= 0.3 is 5.97 Å². The van der Waals surface area contributed by atoms with Crippen LogP contribution in [0.5, 0.6) is 11.5 Å². The van der Waals surface area contributed by atoms with E-state index >= 15 is 0 Å². The van der Waals surface area contributed by atoms with Gasteiger partial charge in [0.05, 0.1) is 5.92 Å². The normalized spacial score (nSPS) is 25.4. The van der Waals surface area contributed by atoms with Crippen molar-refractivity contribution in [2.75, 3.05) is 6.61 Å². The second-order valence-electron chi connectivity index (χ2n) is 10.8. The van der Waals surface area contributed by atoms with Crippen LogP contribution >= 0.6 is 0 Å². The summed E-state index contributed by atoms with van der Waals surface area (Å²) in [6, 6.07) is 7.51. The van der Waals surface area contributed by atoms with E-state index in [0.29, 0.717) is 12.4 Å². The summed E-state index contributed by atoms with van der Waals surface area (Å²) < 4.78 is 11.5. The molecule has 1 aromatic carbocycles. The van der Waals surface area contributed by atoms with E-state index in [-0.39, 0.29) is 11.9 Å². The molecule has 2 aliphatic rings. The zero-order valence-electron chi connectivity index (χ0n) is 21.8. The van der Waals surface area contributed by atoms with Crippen molar-refractivity contribution in [3.05, 3.63) is 36.4 Å². The Morgan fingerprint density at radius 3 is 2.03 bits per heavy atom. The predicted molar refractivity (Wildman–Crippen MR) is 141 cm³/mol. The van der Waals surface area contributed by atoms with Crippen molar-refractivity contribution in [2.45, 2.75) is 110 Å². The quantitative estimate of drug-likeness (QED) is 0.125. The van der Waals surface area contributed by atoms with Crippen molar-refractivity contribution in [2.24, 2.45) is 23.7 Å². The molecule has 34 heavy (non-hydrogen) atoms. The highest BCUT2D eigenvalue weighted by molar-refractivity contribution is 5.75. The first-order valence-electron chi connectivity index (χ1n) is 14.3. The Hall–Kier alpha value is -1.77. The van der Waals surface area contributed by atoms with Gasteiger partial charge in [0.2, 0.25) is 0 Å². The molecule has 0 spiro atoms. The van der Waals surface area contributed by atoms with Crippen LogP contribution in [0.2, 0.25) is 0 Å². The molecule has 2 fully saturated rings. The molecule has 0 N–H and O–H groups in total. The third-order valence-electron chi connectivity index (χ3n) is 8.05. The first-order valence-corrected chi connectivity index (χ1v) is 14.3. The molecule has 3 rings (SSSR count). The Morgan fingerprint density at radius 2 is 1.38 bits per heavy atom. The molecule has 0 atom stereocenters. The Bertz CT molecular complexity index is 707. The SMILES string of the molecule is CCCCCC1CCC(C=CCOc2ccc(OC(=O)C3CCC(CCCC)CC3)cc2)CC1. The molecule has 190 valence electrons. The summed E-state index contributed by atoms with van der Waals surface area (Å²) in [5.41, 5.74) is 0. The van der Waals surface area contributed by atoms with Gasteiger partial charge in [0.25, 0.3) is 0 Å². The van der Waals surface area contributed by atoms with E-state index < -0.39 is 0 Å². The Morgan fingerprint density at radius 1 is 0.794 bits per heavy atom. The number of carbonyl (C=O) groups is 1. The largest absolute Gasteiger partial charge is 0.490 e. The molecule has 2 saturated carbocycles. The molecule has 0 aliphatic heterocycles. The molecule has 1 aromatic rings. The number of benzene rings is 1. The lowest BCUT2D eigenvalue weighted by Gasteiger charge is -2.27. The Balaban J connectivity index is 1.30. The van der Waals surface area contributed by atoms with Gasteiger partial charge in [0.15, 0.2) is 0 Å². The monoisotopic (exact) mass is 468 g/mol. The van der Waals surface area contributed by atoms with E-state index in [0.717, 1.165) is 36.3 Å². The Kier molecular flexibility index (Phi) is 12.1. The minimum Gasteiger partial charge on any atom is -0.490 e. The molecular formula is C31H48O3. The van der Waals surface area contributed by atoms with Crippen LogP contribution in [0.3, 0.4) is 0 Å². The van der Waals surface area contributed by atoms with Crippen LogP contribution in [0, 0.1) is 23.7 Å². The maximum absolute atomic E-state index is 12.6. The van der Waals surface area contributed by atoms with Crippen LogP contribution < -0.4 is 9.47 Å². The molecule has 0 unspecified atom stereocenters. The Labute approximate surface area is 208 Å². The highest BCUT2D eigenvalue weighted by atomic mass is 16.5. The summed E-state index contributed by atoms with van der Waals surface area (Å²) >= 11 is 0. The number of hydrogen-bond acceptors (Lipinski definition) is 3. The first kappa shape index (κ1) is 26.8. The van der Waals surface area contributed by atoms with E-state index in [1.54, 1.807) is 0 Å². The molecule has 0 heterocycles. The highest BCUT2D eigenvalue weighted by Gasteiger charge is 2.27. The van der Waals surface area contributed by atoms with Crippen LogP contribution in [0.1, 0.15) is 110 Å².